The number of nitrogens with one attached hydrogen (secondary N) is 1. The Bertz CT molecular complexity index is 947. The molecule has 1 aromatic carbocycles. The van der Waals surface area contributed by atoms with Gasteiger partial charge in [-0.05, 0) is 69.4 Å². The highest BCUT2D eigenvalue weighted by atomic mass is 35.5. The van der Waals surface area contributed by atoms with Crippen LogP contribution in [0.5, 0.6) is 0 Å². The maximum absolute atomic E-state index is 13.7. The molecule has 2 aromatic rings. The van der Waals surface area contributed by atoms with Crippen LogP contribution in [-0.2, 0) is 4.79 Å². The van der Waals surface area contributed by atoms with E-state index in [-0.39, 0.29) is 10.9 Å². The van der Waals surface area contributed by atoms with Gasteiger partial charge in [0.25, 0.3) is 0 Å². The summed E-state index contributed by atoms with van der Waals surface area (Å²) in [5.74, 6) is 1.96. The van der Waals surface area contributed by atoms with Gasteiger partial charge in [-0.2, -0.15) is 0 Å². The van der Waals surface area contributed by atoms with Crippen molar-refractivity contribution in [2.75, 3.05) is 37.6 Å². The average Bonchev–Trinajstić information content (AvgIpc) is 3.52. The first-order valence-electron chi connectivity index (χ1n) is 12.1. The summed E-state index contributed by atoms with van der Waals surface area (Å²) >= 11 is 5.96. The molecule has 3 fully saturated rings. The summed E-state index contributed by atoms with van der Waals surface area (Å²) in [6.07, 6.45) is 9.11. The van der Waals surface area contributed by atoms with Crippen molar-refractivity contribution in [1.82, 2.24) is 15.4 Å². The van der Waals surface area contributed by atoms with Crippen molar-refractivity contribution in [3.8, 4) is 0 Å². The molecule has 2 saturated carbocycles. The van der Waals surface area contributed by atoms with E-state index in [0.29, 0.717) is 17.5 Å². The lowest BCUT2D eigenvalue weighted by atomic mass is 9.84. The van der Waals surface area contributed by atoms with E-state index in [9.17, 15) is 9.18 Å². The quantitative estimate of drug-likeness (QED) is 0.651. The molecule has 2 aliphatic carbocycles. The number of nitrogens with zero attached hydrogens (tertiary/aromatic N) is 3. The number of halogens is 2. The van der Waals surface area contributed by atoms with Gasteiger partial charge < -0.3 is 14.7 Å². The Kier molecular flexibility index (Phi) is 6.56. The Labute approximate surface area is 193 Å². The minimum Gasteiger partial charge on any atom is -0.354 e. The highest BCUT2D eigenvalue weighted by molar-refractivity contribution is 6.31. The number of hydrogen-bond donors (Lipinski definition) is 1. The predicted octanol–water partition coefficient (Wildman–Crippen LogP) is 4.61. The third-order valence-corrected chi connectivity index (χ3v) is 7.69. The van der Waals surface area contributed by atoms with Gasteiger partial charge in [0, 0.05) is 44.7 Å². The first-order chi connectivity index (χ1) is 15.5. The summed E-state index contributed by atoms with van der Waals surface area (Å²) in [5, 5.41) is 8.29. The minimum atomic E-state index is -0.485. The van der Waals surface area contributed by atoms with Crippen LogP contribution in [0, 0.1) is 17.7 Å². The van der Waals surface area contributed by atoms with Crippen molar-refractivity contribution in [3.63, 3.8) is 0 Å². The van der Waals surface area contributed by atoms with Crippen LogP contribution in [0.2, 0.25) is 5.02 Å². The van der Waals surface area contributed by atoms with Crippen LogP contribution >= 0.6 is 11.6 Å². The van der Waals surface area contributed by atoms with Gasteiger partial charge in [0.05, 0.1) is 10.4 Å². The fraction of sp³-hybridized carbons (Fsp3) is 0.667. The van der Waals surface area contributed by atoms with E-state index in [1.54, 1.807) is 6.07 Å². The third-order valence-electron chi connectivity index (χ3n) is 7.40. The molecule has 3 aliphatic rings. The number of hydrogen-bond acceptors (Lipinski definition) is 5. The molecule has 1 saturated heterocycles. The number of aromatic nitrogens is 1. The molecule has 8 heteroatoms. The largest absolute Gasteiger partial charge is 0.354 e. The number of fused-ring (bicyclic) bond motifs is 1. The van der Waals surface area contributed by atoms with Crippen LogP contribution in [0.3, 0.4) is 0 Å². The molecule has 1 aromatic heterocycles. The van der Waals surface area contributed by atoms with Crippen LogP contribution in [0.1, 0.15) is 51.4 Å². The zero-order chi connectivity index (χ0) is 22.1. The van der Waals surface area contributed by atoms with E-state index in [1.165, 1.54) is 38.2 Å². The Morgan fingerprint density at radius 2 is 1.81 bits per heavy atom. The van der Waals surface area contributed by atoms with Crippen molar-refractivity contribution in [1.29, 1.82) is 0 Å². The van der Waals surface area contributed by atoms with Crippen molar-refractivity contribution in [2.45, 2.75) is 57.4 Å². The predicted molar refractivity (Wildman–Crippen MR) is 123 cm³/mol. The summed E-state index contributed by atoms with van der Waals surface area (Å²) < 4.78 is 19.0. The van der Waals surface area contributed by atoms with Gasteiger partial charge in [0.15, 0.2) is 11.4 Å². The van der Waals surface area contributed by atoms with E-state index in [1.807, 2.05) is 0 Å². The lowest BCUT2D eigenvalue weighted by Crippen LogP contribution is -2.47. The molecular weight excluding hydrogens is 431 g/mol. The molecule has 0 unspecified atom stereocenters. The summed E-state index contributed by atoms with van der Waals surface area (Å²) in [6, 6.07) is 3.30. The maximum atomic E-state index is 13.7. The maximum Gasteiger partial charge on any atom is 0.220 e. The summed E-state index contributed by atoms with van der Waals surface area (Å²) in [6.45, 7) is 4.83. The zero-order valence-corrected chi connectivity index (χ0v) is 19.2. The normalized spacial score (nSPS) is 24.8. The first-order valence-corrected chi connectivity index (χ1v) is 12.4. The van der Waals surface area contributed by atoms with Crippen molar-refractivity contribution >= 4 is 34.3 Å². The number of benzene rings is 1. The SMILES string of the molecule is O=C(CC1CC1)NC1CCC(CCN2CCN(c3noc4cc(F)c(Cl)cc34)CC2)CC1. The molecule has 0 radical (unpaired) electrons. The number of rotatable bonds is 7. The van der Waals surface area contributed by atoms with Crippen molar-refractivity contribution in [2.24, 2.45) is 11.8 Å². The number of amides is 1. The second kappa shape index (κ2) is 9.56. The molecule has 2 heterocycles. The lowest BCUT2D eigenvalue weighted by Gasteiger charge is -2.36. The fourth-order valence-electron chi connectivity index (χ4n) is 5.16. The van der Waals surface area contributed by atoms with Crippen LogP contribution in [0.15, 0.2) is 16.7 Å². The van der Waals surface area contributed by atoms with Gasteiger partial charge in [-0.1, -0.05) is 16.8 Å². The van der Waals surface area contributed by atoms with E-state index in [4.69, 9.17) is 16.1 Å². The number of carbonyl (C=O) groups excluding carboxylic acids is 1. The van der Waals surface area contributed by atoms with Crippen LogP contribution in [-0.4, -0.2) is 54.7 Å². The topological polar surface area (TPSA) is 61.6 Å². The standard InChI is InChI=1S/C24H32ClFN4O2/c25-20-14-19-22(15-21(20)26)32-28-24(19)30-11-9-29(10-12-30)8-7-16-3-5-18(6-4-16)27-23(31)13-17-1-2-17/h14-18H,1-13H2,(H,27,31). The molecular formula is C24H32ClFN4O2. The monoisotopic (exact) mass is 462 g/mol. The average molecular weight is 463 g/mol. The minimum absolute atomic E-state index is 0.0952. The fourth-order valence-corrected chi connectivity index (χ4v) is 5.33. The highest BCUT2D eigenvalue weighted by Gasteiger charge is 2.28. The highest BCUT2D eigenvalue weighted by Crippen LogP contribution is 2.33. The number of piperazine rings is 1. The third kappa shape index (κ3) is 5.20. The van der Waals surface area contributed by atoms with E-state index >= 15 is 0 Å². The van der Waals surface area contributed by atoms with E-state index in [2.05, 4.69) is 20.3 Å². The van der Waals surface area contributed by atoms with Gasteiger partial charge in [0.1, 0.15) is 5.82 Å². The van der Waals surface area contributed by atoms with Gasteiger partial charge in [0.2, 0.25) is 5.91 Å². The van der Waals surface area contributed by atoms with Crippen LogP contribution < -0.4 is 10.2 Å². The molecule has 0 atom stereocenters. The van der Waals surface area contributed by atoms with Crippen LogP contribution in [0.25, 0.3) is 11.0 Å². The molecule has 174 valence electrons. The molecule has 1 amide bonds. The second-order valence-electron chi connectivity index (χ2n) is 9.82. The Balaban J connectivity index is 1.04. The molecule has 5 rings (SSSR count). The second-order valence-corrected chi connectivity index (χ2v) is 10.2. The molecule has 32 heavy (non-hydrogen) atoms. The van der Waals surface area contributed by atoms with Gasteiger partial charge in [-0.15, -0.1) is 0 Å². The van der Waals surface area contributed by atoms with Crippen molar-refractivity contribution < 1.29 is 13.7 Å². The van der Waals surface area contributed by atoms with E-state index in [0.717, 1.165) is 69.1 Å². The van der Waals surface area contributed by atoms with Crippen LogP contribution in [0.4, 0.5) is 10.2 Å². The molecule has 0 spiro atoms. The van der Waals surface area contributed by atoms with Crippen molar-refractivity contribution in [3.05, 3.63) is 23.0 Å². The number of anilines is 1. The molecule has 1 aliphatic heterocycles. The summed E-state index contributed by atoms with van der Waals surface area (Å²) in [5.41, 5.74) is 0.434. The van der Waals surface area contributed by atoms with Gasteiger partial charge in [-0.25, -0.2) is 4.39 Å². The first kappa shape index (κ1) is 22.0. The zero-order valence-electron chi connectivity index (χ0n) is 18.5. The molecule has 6 nitrogen and oxygen atoms in total. The Morgan fingerprint density at radius 3 is 2.53 bits per heavy atom. The van der Waals surface area contributed by atoms with Gasteiger partial charge in [-0.3, -0.25) is 9.69 Å². The van der Waals surface area contributed by atoms with Gasteiger partial charge >= 0.3 is 0 Å². The smallest absolute Gasteiger partial charge is 0.220 e. The molecule has 1 N–H and O–H groups in total. The number of carbonyl (C=O) groups is 1. The van der Waals surface area contributed by atoms with E-state index < -0.39 is 5.82 Å². The lowest BCUT2D eigenvalue weighted by molar-refractivity contribution is -0.122. The molecule has 0 bridgehead atoms. The Morgan fingerprint density at radius 1 is 1.09 bits per heavy atom. The Hall–Kier alpha value is -1.86. The summed E-state index contributed by atoms with van der Waals surface area (Å²) in [7, 11) is 0. The summed E-state index contributed by atoms with van der Waals surface area (Å²) in [4.78, 5) is 16.8.